The largest absolute Gasteiger partial charge is 0.287 e. The first-order valence-electron chi connectivity index (χ1n) is 8.17. The fraction of sp³-hybridized carbons (Fsp3) is 0.444. The second-order valence-electron chi connectivity index (χ2n) is 5.49. The van der Waals surface area contributed by atoms with Crippen LogP contribution >= 0.6 is 23.4 Å². The first-order valence-corrected chi connectivity index (χ1v) is 9.36. The van der Waals surface area contributed by atoms with Gasteiger partial charge in [0.2, 0.25) is 0 Å². The lowest BCUT2D eigenvalue weighted by Gasteiger charge is -2.14. The molecule has 0 aliphatic carbocycles. The van der Waals surface area contributed by atoms with E-state index in [-0.39, 0.29) is 5.91 Å². The van der Waals surface area contributed by atoms with Crippen LogP contribution in [-0.4, -0.2) is 29.1 Å². The van der Waals surface area contributed by atoms with Crippen molar-refractivity contribution in [2.24, 2.45) is 4.99 Å². The van der Waals surface area contributed by atoms with E-state index in [1.54, 1.807) is 0 Å². The molecule has 1 saturated heterocycles. The summed E-state index contributed by atoms with van der Waals surface area (Å²) in [6.07, 6.45) is 6.11. The molecular weight excluding hydrogens is 328 g/mol. The van der Waals surface area contributed by atoms with Gasteiger partial charge in [-0.05, 0) is 48.4 Å². The zero-order chi connectivity index (χ0) is 16.7. The van der Waals surface area contributed by atoms with E-state index in [0.29, 0.717) is 5.02 Å². The molecule has 0 atom stereocenters. The molecule has 0 N–H and O–H groups in total. The summed E-state index contributed by atoms with van der Waals surface area (Å²) in [6, 6.07) is 7.54. The van der Waals surface area contributed by atoms with Crippen LogP contribution in [0.15, 0.2) is 34.2 Å². The standard InChI is InChI=1S/C18H23ClN2OS/c1-3-5-10-20-18-21(11-6-4-2)17(22)16(23-18)13-14-8-7-9-15(19)12-14/h7-9,12-13H,3-6,10-11H2,1-2H3/b16-13-,20-18?. The number of nitrogens with zero attached hydrogens (tertiary/aromatic N) is 2. The summed E-state index contributed by atoms with van der Waals surface area (Å²) < 4.78 is 0. The number of hydrogen-bond donors (Lipinski definition) is 0. The molecule has 1 aromatic rings. The van der Waals surface area contributed by atoms with E-state index in [9.17, 15) is 4.79 Å². The highest BCUT2D eigenvalue weighted by atomic mass is 35.5. The summed E-state index contributed by atoms with van der Waals surface area (Å²) in [5.74, 6) is 0.0543. The molecule has 23 heavy (non-hydrogen) atoms. The molecule has 5 heteroatoms. The highest BCUT2D eigenvalue weighted by molar-refractivity contribution is 8.18. The number of benzene rings is 1. The maximum Gasteiger partial charge on any atom is 0.266 e. The predicted molar refractivity (Wildman–Crippen MR) is 101 cm³/mol. The Balaban J connectivity index is 2.21. The van der Waals surface area contributed by atoms with Gasteiger partial charge in [-0.1, -0.05) is 50.4 Å². The van der Waals surface area contributed by atoms with Gasteiger partial charge in [-0.15, -0.1) is 0 Å². The highest BCUT2D eigenvalue weighted by Gasteiger charge is 2.32. The van der Waals surface area contributed by atoms with Gasteiger partial charge in [-0.3, -0.25) is 14.7 Å². The van der Waals surface area contributed by atoms with Crippen LogP contribution in [0.4, 0.5) is 0 Å². The van der Waals surface area contributed by atoms with Crippen LogP contribution in [0.5, 0.6) is 0 Å². The minimum atomic E-state index is 0.0543. The second-order valence-corrected chi connectivity index (χ2v) is 6.94. The Morgan fingerprint density at radius 3 is 2.74 bits per heavy atom. The van der Waals surface area contributed by atoms with E-state index < -0.39 is 0 Å². The third-order valence-corrected chi connectivity index (χ3v) is 4.81. The highest BCUT2D eigenvalue weighted by Crippen LogP contribution is 2.33. The van der Waals surface area contributed by atoms with Crippen LogP contribution < -0.4 is 0 Å². The van der Waals surface area contributed by atoms with Crippen LogP contribution in [0.25, 0.3) is 6.08 Å². The molecular formula is C18H23ClN2OS. The van der Waals surface area contributed by atoms with Gasteiger partial charge in [-0.25, -0.2) is 0 Å². The summed E-state index contributed by atoms with van der Waals surface area (Å²) in [5.41, 5.74) is 0.943. The molecule has 3 nitrogen and oxygen atoms in total. The molecule has 1 amide bonds. The van der Waals surface area contributed by atoms with Gasteiger partial charge in [0.05, 0.1) is 4.91 Å². The molecule has 2 rings (SSSR count). The van der Waals surface area contributed by atoms with E-state index in [2.05, 4.69) is 18.8 Å². The van der Waals surface area contributed by atoms with E-state index in [4.69, 9.17) is 11.6 Å². The predicted octanol–water partition coefficient (Wildman–Crippen LogP) is 5.21. The van der Waals surface area contributed by atoms with Gasteiger partial charge >= 0.3 is 0 Å². The number of amides is 1. The average Bonchev–Trinajstić information content (AvgIpc) is 2.81. The monoisotopic (exact) mass is 350 g/mol. The van der Waals surface area contributed by atoms with Crippen LogP contribution in [0.2, 0.25) is 5.02 Å². The van der Waals surface area contributed by atoms with Gasteiger partial charge in [-0.2, -0.15) is 0 Å². The summed E-state index contributed by atoms with van der Waals surface area (Å²) >= 11 is 7.49. The molecule has 0 spiro atoms. The molecule has 1 aliphatic heterocycles. The SMILES string of the molecule is CCCCN=C1S/C(=C\c2cccc(Cl)c2)C(=O)N1CCCC. The first kappa shape index (κ1) is 18.1. The molecule has 0 saturated carbocycles. The molecule has 1 heterocycles. The lowest BCUT2D eigenvalue weighted by Crippen LogP contribution is -2.30. The molecule has 0 bridgehead atoms. The Bertz CT molecular complexity index is 613. The molecule has 0 aromatic heterocycles. The number of hydrogen-bond acceptors (Lipinski definition) is 3. The van der Waals surface area contributed by atoms with E-state index in [0.717, 1.165) is 54.4 Å². The van der Waals surface area contributed by atoms with Crippen molar-refractivity contribution in [2.45, 2.75) is 39.5 Å². The molecule has 1 aromatic carbocycles. The smallest absolute Gasteiger partial charge is 0.266 e. The van der Waals surface area contributed by atoms with Crippen molar-refractivity contribution in [3.8, 4) is 0 Å². The van der Waals surface area contributed by atoms with Crippen molar-refractivity contribution in [1.29, 1.82) is 0 Å². The fourth-order valence-electron chi connectivity index (χ4n) is 2.22. The van der Waals surface area contributed by atoms with Gasteiger partial charge in [0.1, 0.15) is 0 Å². The Labute approximate surface area is 147 Å². The van der Waals surface area contributed by atoms with Crippen LogP contribution in [0.3, 0.4) is 0 Å². The van der Waals surface area contributed by atoms with Gasteiger partial charge in [0.25, 0.3) is 5.91 Å². The number of halogens is 1. The summed E-state index contributed by atoms with van der Waals surface area (Å²) in [7, 11) is 0. The lowest BCUT2D eigenvalue weighted by molar-refractivity contribution is -0.122. The Hall–Kier alpha value is -1.26. The number of aliphatic imine (C=N–C) groups is 1. The van der Waals surface area contributed by atoms with Crippen LogP contribution in [-0.2, 0) is 4.79 Å². The number of thioether (sulfide) groups is 1. The topological polar surface area (TPSA) is 32.7 Å². The zero-order valence-corrected chi connectivity index (χ0v) is 15.3. The molecule has 124 valence electrons. The Morgan fingerprint density at radius 2 is 2.04 bits per heavy atom. The summed E-state index contributed by atoms with van der Waals surface area (Å²) in [5, 5.41) is 1.51. The second kappa shape index (κ2) is 9.14. The van der Waals surface area contributed by atoms with Crippen molar-refractivity contribution in [3.05, 3.63) is 39.8 Å². The third kappa shape index (κ3) is 5.11. The lowest BCUT2D eigenvalue weighted by atomic mass is 10.2. The van der Waals surface area contributed by atoms with Gasteiger partial charge in [0.15, 0.2) is 5.17 Å². The average molecular weight is 351 g/mol. The summed E-state index contributed by atoms with van der Waals surface area (Å²) in [6.45, 7) is 5.79. The normalized spacial score (nSPS) is 18.4. The maximum atomic E-state index is 12.7. The van der Waals surface area contributed by atoms with Crippen molar-refractivity contribution in [3.63, 3.8) is 0 Å². The molecule has 1 aliphatic rings. The Morgan fingerprint density at radius 1 is 1.26 bits per heavy atom. The van der Waals surface area contributed by atoms with Crippen molar-refractivity contribution in [2.75, 3.05) is 13.1 Å². The van der Waals surface area contributed by atoms with Gasteiger partial charge < -0.3 is 0 Å². The van der Waals surface area contributed by atoms with Crippen LogP contribution in [0.1, 0.15) is 45.1 Å². The minimum absolute atomic E-state index is 0.0543. The number of rotatable bonds is 7. The van der Waals surface area contributed by atoms with E-state index >= 15 is 0 Å². The van der Waals surface area contributed by atoms with Gasteiger partial charge in [0, 0.05) is 18.1 Å². The molecule has 0 radical (unpaired) electrons. The molecule has 0 unspecified atom stereocenters. The fourth-order valence-corrected chi connectivity index (χ4v) is 3.45. The number of amidine groups is 1. The molecule has 1 fully saturated rings. The maximum absolute atomic E-state index is 12.7. The van der Waals surface area contributed by atoms with E-state index in [1.165, 1.54) is 11.8 Å². The quantitative estimate of drug-likeness (QED) is 0.499. The van der Waals surface area contributed by atoms with Crippen LogP contribution in [0, 0.1) is 0 Å². The first-order chi connectivity index (χ1) is 11.2. The minimum Gasteiger partial charge on any atom is -0.287 e. The van der Waals surface area contributed by atoms with Crippen molar-refractivity contribution in [1.82, 2.24) is 4.90 Å². The van der Waals surface area contributed by atoms with Crippen molar-refractivity contribution < 1.29 is 4.79 Å². The number of unbranched alkanes of at least 4 members (excludes halogenated alkanes) is 2. The van der Waals surface area contributed by atoms with E-state index in [1.807, 2.05) is 35.2 Å². The number of carbonyl (C=O) groups excluding carboxylic acids is 1. The number of carbonyl (C=O) groups is 1. The Kier molecular flexibility index (Phi) is 7.18. The third-order valence-electron chi connectivity index (χ3n) is 3.53. The zero-order valence-electron chi connectivity index (χ0n) is 13.7. The van der Waals surface area contributed by atoms with Crippen molar-refractivity contribution >= 4 is 40.5 Å². The summed E-state index contributed by atoms with van der Waals surface area (Å²) in [4.78, 5) is 19.8.